The number of esters is 1. The Bertz CT molecular complexity index is 470. The van der Waals surface area contributed by atoms with E-state index in [2.05, 4.69) is 4.98 Å². The number of aromatic nitrogens is 2. The first-order chi connectivity index (χ1) is 8.86. The number of ether oxygens (including phenoxy) is 1. The van der Waals surface area contributed by atoms with Gasteiger partial charge in [0.05, 0.1) is 18.6 Å². The summed E-state index contributed by atoms with van der Waals surface area (Å²) >= 11 is 1.09. The van der Waals surface area contributed by atoms with Gasteiger partial charge in [0.2, 0.25) is 0 Å². The number of hydrogen-bond acceptors (Lipinski definition) is 5. The maximum absolute atomic E-state index is 11.9. The number of rotatable bonds is 6. The number of carbonyl (C=O) groups is 2. The third-order valence-electron chi connectivity index (χ3n) is 2.52. The maximum atomic E-state index is 11.9. The lowest BCUT2D eigenvalue weighted by atomic mass is 10.0. The number of aryl methyl sites for hydroxylation is 1. The van der Waals surface area contributed by atoms with Crippen molar-refractivity contribution in [2.24, 2.45) is 5.92 Å². The summed E-state index contributed by atoms with van der Waals surface area (Å²) in [5.41, 5.74) is 0.738. The number of hydrogen-bond donors (Lipinski definition) is 1. The van der Waals surface area contributed by atoms with Crippen molar-refractivity contribution >= 4 is 23.7 Å². The SMILES string of the molecule is COC(=O)C(C(C)C)n1cc(C)nc1SCC(=O)O. The molecule has 0 radical (unpaired) electrons. The minimum atomic E-state index is -0.920. The molecule has 0 aliphatic heterocycles. The number of carboxylic acid groups (broad SMARTS) is 1. The minimum absolute atomic E-state index is 0.0187. The molecule has 6 nitrogen and oxygen atoms in total. The topological polar surface area (TPSA) is 81.4 Å². The molecule has 0 fully saturated rings. The lowest BCUT2D eigenvalue weighted by molar-refractivity contribution is -0.146. The Labute approximate surface area is 116 Å². The Balaban J connectivity index is 3.08. The maximum Gasteiger partial charge on any atom is 0.329 e. The second-order valence-corrected chi connectivity index (χ2v) is 5.41. The average Bonchev–Trinajstić information content (AvgIpc) is 2.67. The highest BCUT2D eigenvalue weighted by Crippen LogP contribution is 2.27. The lowest BCUT2D eigenvalue weighted by Crippen LogP contribution is -2.26. The van der Waals surface area contributed by atoms with Crippen LogP contribution in [0.2, 0.25) is 0 Å². The normalized spacial score (nSPS) is 12.5. The van der Waals surface area contributed by atoms with Crippen LogP contribution < -0.4 is 0 Å². The van der Waals surface area contributed by atoms with Crippen LogP contribution in [0.1, 0.15) is 25.6 Å². The van der Waals surface area contributed by atoms with Gasteiger partial charge in [-0.2, -0.15) is 0 Å². The molecule has 0 amide bonds. The van der Waals surface area contributed by atoms with Crippen molar-refractivity contribution in [2.45, 2.75) is 32.0 Å². The van der Waals surface area contributed by atoms with Gasteiger partial charge in [0.15, 0.2) is 5.16 Å². The van der Waals surface area contributed by atoms with Gasteiger partial charge in [-0.1, -0.05) is 25.6 Å². The Morgan fingerprint density at radius 2 is 2.16 bits per heavy atom. The van der Waals surface area contributed by atoms with E-state index in [4.69, 9.17) is 9.84 Å². The minimum Gasteiger partial charge on any atom is -0.481 e. The van der Waals surface area contributed by atoms with Gasteiger partial charge in [0, 0.05) is 6.20 Å². The van der Waals surface area contributed by atoms with Crippen molar-refractivity contribution in [3.05, 3.63) is 11.9 Å². The number of carbonyl (C=O) groups excluding carboxylic acids is 1. The number of carboxylic acids is 1. The zero-order valence-electron chi connectivity index (χ0n) is 11.4. The average molecular weight is 286 g/mol. The van der Waals surface area contributed by atoms with Gasteiger partial charge in [-0.05, 0) is 12.8 Å². The monoisotopic (exact) mass is 286 g/mol. The molecule has 1 aromatic rings. The highest BCUT2D eigenvalue weighted by atomic mass is 32.2. The molecule has 1 heterocycles. The highest BCUT2D eigenvalue weighted by molar-refractivity contribution is 7.99. The predicted molar refractivity (Wildman–Crippen MR) is 71.2 cm³/mol. The third-order valence-corrected chi connectivity index (χ3v) is 3.47. The first kappa shape index (κ1) is 15.6. The number of methoxy groups -OCH3 is 1. The van der Waals surface area contributed by atoms with Crippen LogP contribution in [0.5, 0.6) is 0 Å². The van der Waals surface area contributed by atoms with Gasteiger partial charge in [-0.3, -0.25) is 4.79 Å². The van der Waals surface area contributed by atoms with E-state index in [0.717, 1.165) is 17.5 Å². The van der Waals surface area contributed by atoms with Gasteiger partial charge in [-0.25, -0.2) is 9.78 Å². The van der Waals surface area contributed by atoms with Crippen LogP contribution in [0.4, 0.5) is 0 Å². The molecule has 0 aliphatic carbocycles. The van der Waals surface area contributed by atoms with E-state index in [1.807, 2.05) is 13.8 Å². The van der Waals surface area contributed by atoms with Gasteiger partial charge < -0.3 is 14.4 Å². The standard InChI is InChI=1S/C12H18N2O4S/c1-7(2)10(11(17)18-4)14-5-8(3)13-12(14)19-6-9(15)16/h5,7,10H,6H2,1-4H3,(H,15,16). The molecule has 0 spiro atoms. The predicted octanol–water partition coefficient (Wildman–Crippen LogP) is 1.74. The number of imidazole rings is 1. The van der Waals surface area contributed by atoms with Crippen molar-refractivity contribution in [1.29, 1.82) is 0 Å². The Morgan fingerprint density at radius 3 is 2.63 bits per heavy atom. The molecule has 0 bridgehead atoms. The van der Waals surface area contributed by atoms with Crippen LogP contribution in [-0.2, 0) is 14.3 Å². The fourth-order valence-corrected chi connectivity index (χ4v) is 2.53. The van der Waals surface area contributed by atoms with Crippen molar-refractivity contribution < 1.29 is 19.4 Å². The zero-order valence-corrected chi connectivity index (χ0v) is 12.2. The number of aliphatic carboxylic acids is 1. The Kier molecular flexibility index (Phi) is 5.41. The van der Waals surface area contributed by atoms with Crippen LogP contribution in [0.15, 0.2) is 11.4 Å². The second-order valence-electron chi connectivity index (χ2n) is 4.47. The van der Waals surface area contributed by atoms with Crippen LogP contribution in [0.25, 0.3) is 0 Å². The molecule has 0 saturated carbocycles. The highest BCUT2D eigenvalue weighted by Gasteiger charge is 2.27. The van der Waals surface area contributed by atoms with Gasteiger partial charge in [0.1, 0.15) is 6.04 Å². The summed E-state index contributed by atoms with van der Waals surface area (Å²) in [6.45, 7) is 5.61. The summed E-state index contributed by atoms with van der Waals surface area (Å²) in [4.78, 5) is 26.7. The van der Waals surface area contributed by atoms with Crippen LogP contribution in [0, 0.1) is 12.8 Å². The molecular weight excluding hydrogens is 268 g/mol. The van der Waals surface area contributed by atoms with Gasteiger partial charge in [-0.15, -0.1) is 0 Å². The van der Waals surface area contributed by atoms with E-state index in [-0.39, 0.29) is 17.6 Å². The molecule has 106 valence electrons. The van der Waals surface area contributed by atoms with Crippen LogP contribution in [-0.4, -0.2) is 39.5 Å². The molecule has 1 unspecified atom stereocenters. The van der Waals surface area contributed by atoms with E-state index in [9.17, 15) is 9.59 Å². The second kappa shape index (κ2) is 6.60. The molecule has 0 saturated heterocycles. The van der Waals surface area contributed by atoms with Crippen molar-refractivity contribution in [3.63, 3.8) is 0 Å². The van der Waals surface area contributed by atoms with Crippen LogP contribution in [0.3, 0.4) is 0 Å². The van der Waals surface area contributed by atoms with Crippen LogP contribution >= 0.6 is 11.8 Å². The summed E-state index contributed by atoms with van der Waals surface area (Å²) < 4.78 is 6.50. The smallest absolute Gasteiger partial charge is 0.329 e. The molecule has 7 heteroatoms. The fourth-order valence-electron chi connectivity index (χ4n) is 1.75. The van der Waals surface area contributed by atoms with E-state index in [1.54, 1.807) is 17.7 Å². The fraction of sp³-hybridized carbons (Fsp3) is 0.583. The zero-order chi connectivity index (χ0) is 14.6. The van der Waals surface area contributed by atoms with Gasteiger partial charge in [0.25, 0.3) is 0 Å². The van der Waals surface area contributed by atoms with E-state index in [0.29, 0.717) is 5.16 Å². The summed E-state index contributed by atoms with van der Waals surface area (Å²) in [7, 11) is 1.34. The molecule has 0 aromatic carbocycles. The summed E-state index contributed by atoms with van der Waals surface area (Å²) in [5, 5.41) is 9.24. The van der Waals surface area contributed by atoms with E-state index in [1.165, 1.54) is 7.11 Å². The third kappa shape index (κ3) is 3.99. The first-order valence-electron chi connectivity index (χ1n) is 5.84. The molecule has 19 heavy (non-hydrogen) atoms. The Hall–Kier alpha value is -1.50. The summed E-state index contributed by atoms with van der Waals surface area (Å²) in [6.07, 6.45) is 1.74. The number of thioether (sulfide) groups is 1. The molecule has 0 aliphatic rings. The molecule has 1 N–H and O–H groups in total. The lowest BCUT2D eigenvalue weighted by Gasteiger charge is -2.21. The van der Waals surface area contributed by atoms with E-state index < -0.39 is 12.0 Å². The molecular formula is C12H18N2O4S. The quantitative estimate of drug-likeness (QED) is 0.633. The molecule has 1 atom stereocenters. The number of nitrogens with zero attached hydrogens (tertiary/aromatic N) is 2. The Morgan fingerprint density at radius 1 is 1.53 bits per heavy atom. The summed E-state index contributed by atoms with van der Waals surface area (Å²) in [5.74, 6) is -1.35. The largest absolute Gasteiger partial charge is 0.481 e. The first-order valence-corrected chi connectivity index (χ1v) is 6.83. The van der Waals surface area contributed by atoms with Crippen molar-refractivity contribution in [2.75, 3.05) is 12.9 Å². The molecule has 1 aromatic heterocycles. The van der Waals surface area contributed by atoms with Gasteiger partial charge >= 0.3 is 11.9 Å². The van der Waals surface area contributed by atoms with Crippen molar-refractivity contribution in [1.82, 2.24) is 9.55 Å². The van der Waals surface area contributed by atoms with E-state index >= 15 is 0 Å². The summed E-state index contributed by atoms with van der Waals surface area (Å²) in [6, 6.07) is -0.498. The van der Waals surface area contributed by atoms with Crippen molar-refractivity contribution in [3.8, 4) is 0 Å². The molecule has 1 rings (SSSR count).